The van der Waals surface area contributed by atoms with Gasteiger partial charge in [0.25, 0.3) is 0 Å². The maximum absolute atomic E-state index is 9.44. The highest BCUT2D eigenvalue weighted by atomic mass is 79.9. The van der Waals surface area contributed by atoms with Crippen LogP contribution >= 0.6 is 15.9 Å². The molecule has 3 nitrogen and oxygen atoms in total. The SMILES string of the molecule is NCc1cc(Br)cc(N2CCCCC2CO)c1. The number of rotatable bonds is 3. The highest BCUT2D eigenvalue weighted by Crippen LogP contribution is 2.28. The van der Waals surface area contributed by atoms with Crippen LogP contribution in [-0.4, -0.2) is 24.3 Å². The largest absolute Gasteiger partial charge is 0.394 e. The van der Waals surface area contributed by atoms with Crippen molar-refractivity contribution in [3.05, 3.63) is 28.2 Å². The van der Waals surface area contributed by atoms with Crippen molar-refractivity contribution in [3.8, 4) is 0 Å². The van der Waals surface area contributed by atoms with E-state index >= 15 is 0 Å². The van der Waals surface area contributed by atoms with E-state index in [1.165, 1.54) is 18.5 Å². The van der Waals surface area contributed by atoms with Gasteiger partial charge in [0.1, 0.15) is 0 Å². The molecule has 2 rings (SSSR count). The third kappa shape index (κ3) is 3.00. The third-order valence-electron chi connectivity index (χ3n) is 3.35. The van der Waals surface area contributed by atoms with Crippen LogP contribution in [0.4, 0.5) is 5.69 Å². The van der Waals surface area contributed by atoms with Crippen LogP contribution in [0.1, 0.15) is 24.8 Å². The summed E-state index contributed by atoms with van der Waals surface area (Å²) in [4.78, 5) is 2.30. The van der Waals surface area contributed by atoms with Crippen LogP contribution in [0.5, 0.6) is 0 Å². The molecule has 94 valence electrons. The number of hydrogen-bond donors (Lipinski definition) is 2. The number of nitrogens with two attached hydrogens (primary N) is 1. The van der Waals surface area contributed by atoms with Gasteiger partial charge < -0.3 is 15.7 Å². The summed E-state index contributed by atoms with van der Waals surface area (Å²) in [6, 6.07) is 6.52. The van der Waals surface area contributed by atoms with Gasteiger partial charge in [0.05, 0.1) is 12.6 Å². The Morgan fingerprint density at radius 2 is 2.18 bits per heavy atom. The van der Waals surface area contributed by atoms with E-state index in [1.54, 1.807) is 0 Å². The van der Waals surface area contributed by atoms with Crippen molar-refractivity contribution < 1.29 is 5.11 Å². The van der Waals surface area contributed by atoms with Gasteiger partial charge in [0, 0.05) is 23.2 Å². The van der Waals surface area contributed by atoms with E-state index in [4.69, 9.17) is 5.73 Å². The Kier molecular flexibility index (Phi) is 4.42. The summed E-state index contributed by atoms with van der Waals surface area (Å²) in [6.07, 6.45) is 3.47. The lowest BCUT2D eigenvalue weighted by Crippen LogP contribution is -2.41. The van der Waals surface area contributed by atoms with E-state index < -0.39 is 0 Å². The molecule has 3 N–H and O–H groups in total. The Balaban J connectivity index is 2.27. The third-order valence-corrected chi connectivity index (χ3v) is 3.81. The second-order valence-corrected chi connectivity index (χ2v) is 5.46. The van der Waals surface area contributed by atoms with Crippen molar-refractivity contribution in [1.82, 2.24) is 0 Å². The first-order chi connectivity index (χ1) is 8.24. The van der Waals surface area contributed by atoms with Crippen molar-refractivity contribution in [2.45, 2.75) is 31.8 Å². The Morgan fingerprint density at radius 3 is 2.88 bits per heavy atom. The second-order valence-electron chi connectivity index (χ2n) is 4.55. The van der Waals surface area contributed by atoms with Crippen LogP contribution in [0, 0.1) is 0 Å². The molecule has 0 aliphatic carbocycles. The zero-order chi connectivity index (χ0) is 12.3. The Morgan fingerprint density at radius 1 is 1.35 bits per heavy atom. The first-order valence-electron chi connectivity index (χ1n) is 6.11. The summed E-state index contributed by atoms with van der Waals surface area (Å²) in [6.45, 7) is 1.79. The molecule has 4 heteroatoms. The topological polar surface area (TPSA) is 49.5 Å². The zero-order valence-electron chi connectivity index (χ0n) is 9.90. The van der Waals surface area contributed by atoms with Gasteiger partial charge in [-0.25, -0.2) is 0 Å². The molecule has 1 saturated heterocycles. The van der Waals surface area contributed by atoms with Crippen LogP contribution in [0.2, 0.25) is 0 Å². The van der Waals surface area contributed by atoms with Crippen LogP contribution in [0.3, 0.4) is 0 Å². The fourth-order valence-electron chi connectivity index (χ4n) is 2.45. The summed E-state index contributed by atoms with van der Waals surface area (Å²) in [5, 5.41) is 9.44. The molecule has 1 aliphatic rings. The lowest BCUT2D eigenvalue weighted by atomic mass is 10.0. The summed E-state index contributed by atoms with van der Waals surface area (Å²) >= 11 is 3.52. The smallest absolute Gasteiger partial charge is 0.0635 e. The van der Waals surface area contributed by atoms with Crippen molar-refractivity contribution in [1.29, 1.82) is 0 Å². The molecule has 0 amide bonds. The van der Waals surface area contributed by atoms with Crippen LogP contribution in [0.25, 0.3) is 0 Å². The standard InChI is InChI=1S/C13H19BrN2O/c14-11-5-10(8-15)6-13(7-11)16-4-2-1-3-12(16)9-17/h5-7,12,17H,1-4,8-9,15H2. The first kappa shape index (κ1) is 12.9. The number of anilines is 1. The van der Waals surface area contributed by atoms with Crippen molar-refractivity contribution >= 4 is 21.6 Å². The molecule has 1 fully saturated rings. The number of aliphatic hydroxyl groups excluding tert-OH is 1. The number of benzene rings is 1. The molecule has 1 aliphatic heterocycles. The molecular weight excluding hydrogens is 280 g/mol. The predicted octanol–water partition coefficient (Wildman–Crippen LogP) is 2.26. The summed E-state index contributed by atoms with van der Waals surface area (Å²) in [5.41, 5.74) is 7.98. The van der Waals surface area contributed by atoms with E-state index in [0.29, 0.717) is 6.54 Å². The number of piperidine rings is 1. The molecule has 1 atom stereocenters. The van der Waals surface area contributed by atoms with Gasteiger partial charge in [-0.15, -0.1) is 0 Å². The zero-order valence-corrected chi connectivity index (χ0v) is 11.5. The molecule has 0 bridgehead atoms. The average Bonchev–Trinajstić information content (AvgIpc) is 2.37. The number of hydrogen-bond acceptors (Lipinski definition) is 3. The van der Waals surface area contributed by atoms with Gasteiger partial charge in [0.2, 0.25) is 0 Å². The molecule has 0 aromatic heterocycles. The lowest BCUT2D eigenvalue weighted by molar-refractivity contribution is 0.240. The van der Waals surface area contributed by atoms with E-state index in [0.717, 1.165) is 23.0 Å². The van der Waals surface area contributed by atoms with E-state index in [1.807, 2.05) is 6.07 Å². The molecule has 0 radical (unpaired) electrons. The minimum atomic E-state index is 0.227. The van der Waals surface area contributed by atoms with Gasteiger partial charge in [0.15, 0.2) is 0 Å². The maximum Gasteiger partial charge on any atom is 0.0635 e. The van der Waals surface area contributed by atoms with E-state index in [9.17, 15) is 5.11 Å². The Bertz CT molecular complexity index is 384. The highest BCUT2D eigenvalue weighted by molar-refractivity contribution is 9.10. The lowest BCUT2D eigenvalue weighted by Gasteiger charge is -2.36. The first-order valence-corrected chi connectivity index (χ1v) is 6.91. The van der Waals surface area contributed by atoms with Gasteiger partial charge in [-0.05, 0) is 43.0 Å². The molecule has 1 aromatic rings. The summed E-state index contributed by atoms with van der Waals surface area (Å²) < 4.78 is 1.05. The fourth-order valence-corrected chi connectivity index (χ4v) is 2.98. The normalized spacial score (nSPS) is 20.6. The Hall–Kier alpha value is -0.580. The van der Waals surface area contributed by atoms with E-state index in [2.05, 4.69) is 33.0 Å². The van der Waals surface area contributed by atoms with Crippen LogP contribution in [-0.2, 0) is 6.54 Å². The summed E-state index contributed by atoms with van der Waals surface area (Å²) in [7, 11) is 0. The number of halogens is 1. The predicted molar refractivity (Wildman–Crippen MR) is 74.1 cm³/mol. The molecule has 1 unspecified atom stereocenters. The number of nitrogens with zero attached hydrogens (tertiary/aromatic N) is 1. The van der Waals surface area contributed by atoms with Gasteiger partial charge in [-0.3, -0.25) is 0 Å². The van der Waals surface area contributed by atoms with Gasteiger partial charge in [-0.1, -0.05) is 15.9 Å². The minimum Gasteiger partial charge on any atom is -0.394 e. The van der Waals surface area contributed by atoms with Crippen LogP contribution in [0.15, 0.2) is 22.7 Å². The summed E-state index contributed by atoms with van der Waals surface area (Å²) in [5.74, 6) is 0. The highest BCUT2D eigenvalue weighted by Gasteiger charge is 2.22. The molecule has 0 spiro atoms. The molecule has 0 saturated carbocycles. The quantitative estimate of drug-likeness (QED) is 0.900. The van der Waals surface area contributed by atoms with Gasteiger partial charge >= 0.3 is 0 Å². The molecule has 1 aromatic carbocycles. The van der Waals surface area contributed by atoms with Gasteiger partial charge in [-0.2, -0.15) is 0 Å². The monoisotopic (exact) mass is 298 g/mol. The second kappa shape index (κ2) is 5.85. The molecular formula is C13H19BrN2O. The van der Waals surface area contributed by atoms with E-state index in [-0.39, 0.29) is 12.6 Å². The fraction of sp³-hybridized carbons (Fsp3) is 0.538. The van der Waals surface area contributed by atoms with Crippen molar-refractivity contribution in [3.63, 3.8) is 0 Å². The van der Waals surface area contributed by atoms with Crippen molar-refractivity contribution in [2.75, 3.05) is 18.1 Å². The maximum atomic E-state index is 9.44. The average molecular weight is 299 g/mol. The van der Waals surface area contributed by atoms with Crippen LogP contribution < -0.4 is 10.6 Å². The van der Waals surface area contributed by atoms with Crippen molar-refractivity contribution in [2.24, 2.45) is 5.73 Å². The molecule has 1 heterocycles. The Labute approximate surface area is 111 Å². The number of aliphatic hydroxyl groups is 1. The minimum absolute atomic E-state index is 0.227. The molecule has 17 heavy (non-hydrogen) atoms.